The van der Waals surface area contributed by atoms with Gasteiger partial charge in [0.1, 0.15) is 0 Å². The van der Waals surface area contributed by atoms with E-state index in [2.05, 4.69) is 43.2 Å². The summed E-state index contributed by atoms with van der Waals surface area (Å²) >= 11 is 1.87. The molecule has 0 aliphatic heterocycles. The number of aromatic nitrogens is 2. The Kier molecular flexibility index (Phi) is 8.14. The van der Waals surface area contributed by atoms with Crippen LogP contribution in [0.15, 0.2) is 4.52 Å². The minimum absolute atomic E-state index is 0.505. The smallest absolute Gasteiger partial charge is 0.226 e. The van der Waals surface area contributed by atoms with Gasteiger partial charge in [0.15, 0.2) is 5.82 Å². The number of aryl methyl sites for hydroxylation is 1. The molecule has 1 rings (SSSR count). The van der Waals surface area contributed by atoms with Crippen LogP contribution in [-0.2, 0) is 12.2 Å². The molecule has 0 saturated heterocycles. The second-order valence-electron chi connectivity index (χ2n) is 5.41. The van der Waals surface area contributed by atoms with Crippen LogP contribution in [0.4, 0.5) is 0 Å². The molecular weight excluding hydrogens is 258 g/mol. The summed E-state index contributed by atoms with van der Waals surface area (Å²) in [6, 6.07) is 0.505. The van der Waals surface area contributed by atoms with Crippen molar-refractivity contribution >= 4 is 11.8 Å². The third-order valence-corrected chi connectivity index (χ3v) is 4.09. The summed E-state index contributed by atoms with van der Waals surface area (Å²) in [6.07, 6.45) is 3.07. The molecule has 1 heterocycles. The lowest BCUT2D eigenvalue weighted by Gasteiger charge is -2.10. The zero-order chi connectivity index (χ0) is 14.1. The average molecular weight is 285 g/mol. The molecule has 1 atom stereocenters. The molecule has 19 heavy (non-hydrogen) atoms. The summed E-state index contributed by atoms with van der Waals surface area (Å²) in [7, 11) is 0. The average Bonchev–Trinajstić information content (AvgIpc) is 2.81. The van der Waals surface area contributed by atoms with Gasteiger partial charge in [-0.25, -0.2) is 0 Å². The van der Waals surface area contributed by atoms with Gasteiger partial charge in [0.2, 0.25) is 5.89 Å². The molecule has 1 aromatic rings. The van der Waals surface area contributed by atoms with Crippen molar-refractivity contribution in [2.75, 3.05) is 12.3 Å². The quantitative estimate of drug-likeness (QED) is 0.715. The highest BCUT2D eigenvalue weighted by atomic mass is 32.2. The van der Waals surface area contributed by atoms with Crippen LogP contribution in [0, 0.1) is 5.92 Å². The summed E-state index contributed by atoms with van der Waals surface area (Å²) in [4.78, 5) is 4.43. The summed E-state index contributed by atoms with van der Waals surface area (Å²) in [5, 5.41) is 7.49. The van der Waals surface area contributed by atoms with Crippen molar-refractivity contribution in [1.29, 1.82) is 0 Å². The molecule has 0 radical (unpaired) electrons. The van der Waals surface area contributed by atoms with Gasteiger partial charge < -0.3 is 9.84 Å². The van der Waals surface area contributed by atoms with Crippen LogP contribution in [-0.4, -0.2) is 28.5 Å². The largest absolute Gasteiger partial charge is 0.339 e. The molecule has 0 bridgehead atoms. The number of nitrogens with zero attached hydrogens (tertiary/aromatic N) is 2. The molecule has 0 aliphatic carbocycles. The minimum atomic E-state index is 0.505. The maximum Gasteiger partial charge on any atom is 0.226 e. The molecule has 1 aromatic heterocycles. The van der Waals surface area contributed by atoms with Gasteiger partial charge in [0, 0.05) is 12.5 Å². The predicted molar refractivity (Wildman–Crippen MR) is 81.4 cm³/mol. The summed E-state index contributed by atoms with van der Waals surface area (Å²) in [5.41, 5.74) is 0. The lowest BCUT2D eigenvalue weighted by molar-refractivity contribution is 0.363. The first kappa shape index (κ1) is 16.5. The number of hydrogen-bond acceptors (Lipinski definition) is 5. The number of nitrogens with one attached hydrogen (secondary N) is 1. The van der Waals surface area contributed by atoms with Crippen LogP contribution in [0.3, 0.4) is 0 Å². The number of hydrogen-bond donors (Lipinski definition) is 1. The molecule has 0 amide bonds. The van der Waals surface area contributed by atoms with Gasteiger partial charge >= 0.3 is 0 Å². The third-order valence-electron chi connectivity index (χ3n) is 2.73. The highest BCUT2D eigenvalue weighted by molar-refractivity contribution is 7.98. The van der Waals surface area contributed by atoms with Crippen molar-refractivity contribution in [3.8, 4) is 0 Å². The van der Waals surface area contributed by atoms with E-state index >= 15 is 0 Å². The minimum Gasteiger partial charge on any atom is -0.339 e. The van der Waals surface area contributed by atoms with Gasteiger partial charge in [-0.15, -0.1) is 0 Å². The Morgan fingerprint density at radius 3 is 2.79 bits per heavy atom. The molecule has 0 aromatic carbocycles. The molecule has 0 spiro atoms. The van der Waals surface area contributed by atoms with Crippen LogP contribution in [0.2, 0.25) is 0 Å². The Balaban J connectivity index is 2.22. The molecule has 0 fully saturated rings. The Morgan fingerprint density at radius 2 is 2.11 bits per heavy atom. The molecule has 4 nitrogen and oxygen atoms in total. The Hall–Kier alpha value is -0.550. The second kappa shape index (κ2) is 9.37. The fourth-order valence-corrected chi connectivity index (χ4v) is 2.56. The van der Waals surface area contributed by atoms with E-state index in [4.69, 9.17) is 4.52 Å². The van der Waals surface area contributed by atoms with Crippen molar-refractivity contribution in [2.24, 2.45) is 5.92 Å². The third kappa shape index (κ3) is 7.57. The fourth-order valence-electron chi connectivity index (χ4n) is 1.67. The fraction of sp³-hybridized carbons (Fsp3) is 0.857. The maximum atomic E-state index is 5.27. The molecule has 1 unspecified atom stereocenters. The zero-order valence-electron chi connectivity index (χ0n) is 12.6. The topological polar surface area (TPSA) is 51.0 Å². The molecule has 0 saturated carbocycles. The van der Waals surface area contributed by atoms with E-state index in [1.807, 2.05) is 11.8 Å². The van der Waals surface area contributed by atoms with Crippen molar-refractivity contribution in [3.63, 3.8) is 0 Å². The van der Waals surface area contributed by atoms with Crippen molar-refractivity contribution < 1.29 is 4.52 Å². The molecular formula is C14H27N3OS. The van der Waals surface area contributed by atoms with Crippen LogP contribution in [0.25, 0.3) is 0 Å². The van der Waals surface area contributed by atoms with Gasteiger partial charge in [-0.3, -0.25) is 0 Å². The monoisotopic (exact) mass is 285 g/mol. The first-order valence-electron chi connectivity index (χ1n) is 7.24. The van der Waals surface area contributed by atoms with Crippen LogP contribution < -0.4 is 5.32 Å². The van der Waals surface area contributed by atoms with E-state index in [0.717, 1.165) is 42.6 Å². The summed E-state index contributed by atoms with van der Waals surface area (Å²) in [5.74, 6) is 4.30. The Bertz CT molecular complexity index is 341. The van der Waals surface area contributed by atoms with Crippen molar-refractivity contribution in [3.05, 3.63) is 11.7 Å². The standard InChI is InChI=1S/C14H27N3OS/c1-5-8-15-12(4)6-7-14-16-13(17-18-14)10-19-9-11(2)3/h11-12,15H,5-10H2,1-4H3. The van der Waals surface area contributed by atoms with E-state index in [1.165, 1.54) is 6.42 Å². The highest BCUT2D eigenvalue weighted by Crippen LogP contribution is 2.13. The Morgan fingerprint density at radius 1 is 1.32 bits per heavy atom. The van der Waals surface area contributed by atoms with Crippen molar-refractivity contribution in [1.82, 2.24) is 15.5 Å². The molecule has 1 N–H and O–H groups in total. The zero-order valence-corrected chi connectivity index (χ0v) is 13.4. The number of rotatable bonds is 10. The van der Waals surface area contributed by atoms with Gasteiger partial charge in [-0.1, -0.05) is 25.9 Å². The van der Waals surface area contributed by atoms with E-state index in [-0.39, 0.29) is 0 Å². The molecule has 5 heteroatoms. The summed E-state index contributed by atoms with van der Waals surface area (Å²) in [6.45, 7) is 9.89. The summed E-state index contributed by atoms with van der Waals surface area (Å²) < 4.78 is 5.27. The highest BCUT2D eigenvalue weighted by Gasteiger charge is 2.08. The van der Waals surface area contributed by atoms with Gasteiger partial charge in [0.25, 0.3) is 0 Å². The first-order valence-corrected chi connectivity index (χ1v) is 8.39. The number of thioether (sulfide) groups is 1. The van der Waals surface area contributed by atoms with Crippen LogP contribution in [0.1, 0.15) is 52.3 Å². The molecule has 0 aliphatic rings. The van der Waals surface area contributed by atoms with Gasteiger partial charge in [-0.05, 0) is 38.0 Å². The maximum absolute atomic E-state index is 5.27. The Labute approximate surface area is 121 Å². The van der Waals surface area contributed by atoms with E-state index in [0.29, 0.717) is 12.0 Å². The SMILES string of the molecule is CCCNC(C)CCc1nc(CSCC(C)C)no1. The van der Waals surface area contributed by atoms with Crippen LogP contribution >= 0.6 is 11.8 Å². The van der Waals surface area contributed by atoms with Gasteiger partial charge in [0.05, 0.1) is 5.75 Å². The van der Waals surface area contributed by atoms with E-state index in [1.54, 1.807) is 0 Å². The predicted octanol–water partition coefficient (Wildman–Crippen LogP) is 3.28. The van der Waals surface area contributed by atoms with E-state index < -0.39 is 0 Å². The normalized spacial score (nSPS) is 13.1. The van der Waals surface area contributed by atoms with E-state index in [9.17, 15) is 0 Å². The molecule has 110 valence electrons. The lowest BCUT2D eigenvalue weighted by atomic mass is 10.2. The first-order chi connectivity index (χ1) is 9.11. The van der Waals surface area contributed by atoms with Crippen molar-refractivity contribution in [2.45, 2.75) is 58.8 Å². The van der Waals surface area contributed by atoms with Gasteiger partial charge in [-0.2, -0.15) is 16.7 Å². The lowest BCUT2D eigenvalue weighted by Crippen LogP contribution is -2.27. The second-order valence-corrected chi connectivity index (χ2v) is 6.44. The van der Waals surface area contributed by atoms with Crippen LogP contribution in [0.5, 0.6) is 0 Å².